The average Bonchev–Trinajstić information content (AvgIpc) is 2.54. The molecule has 0 aliphatic rings. The quantitative estimate of drug-likeness (QED) is 0.680. The van der Waals surface area contributed by atoms with Gasteiger partial charge in [-0.3, -0.25) is 0 Å². The van der Waals surface area contributed by atoms with Gasteiger partial charge in [0.25, 0.3) is 0 Å². The molecule has 0 saturated carbocycles. The van der Waals surface area contributed by atoms with E-state index in [1.165, 1.54) is 0 Å². The van der Waals surface area contributed by atoms with Gasteiger partial charge in [0.2, 0.25) is 0 Å². The lowest BCUT2D eigenvalue weighted by atomic mass is 10.2. The zero-order valence-corrected chi connectivity index (χ0v) is 12.1. The van der Waals surface area contributed by atoms with Crippen LogP contribution in [0.1, 0.15) is 5.56 Å². The Morgan fingerprint density at radius 3 is 2.30 bits per heavy atom. The standard InChI is InChI=1S/C17H15NO5/c19-16(20)10-14(17(21)22)18-13-8-4-5-9-15(13)23-11-12-6-2-1-3-7-12/h1-10,18H,11H2,(H,19,20)(H,21,22). The molecule has 23 heavy (non-hydrogen) atoms. The molecule has 3 N–H and O–H groups in total. The van der Waals surface area contributed by atoms with Crippen LogP contribution in [0, 0.1) is 0 Å². The second-order valence-electron chi connectivity index (χ2n) is 4.60. The molecule has 0 heterocycles. The predicted molar refractivity (Wildman–Crippen MR) is 84.2 cm³/mol. The molecular weight excluding hydrogens is 298 g/mol. The van der Waals surface area contributed by atoms with Crippen LogP contribution in [0.3, 0.4) is 0 Å². The number of rotatable bonds is 7. The zero-order chi connectivity index (χ0) is 16.7. The van der Waals surface area contributed by atoms with Crippen molar-refractivity contribution in [3.63, 3.8) is 0 Å². The van der Waals surface area contributed by atoms with Gasteiger partial charge < -0.3 is 20.3 Å². The normalized spacial score (nSPS) is 10.9. The molecule has 2 aromatic carbocycles. The maximum Gasteiger partial charge on any atom is 0.352 e. The Labute approximate surface area is 132 Å². The van der Waals surface area contributed by atoms with Crippen LogP contribution in [0.5, 0.6) is 5.75 Å². The van der Waals surface area contributed by atoms with Crippen LogP contribution in [0.4, 0.5) is 5.69 Å². The van der Waals surface area contributed by atoms with Crippen LogP contribution >= 0.6 is 0 Å². The highest BCUT2D eigenvalue weighted by molar-refractivity contribution is 5.97. The SMILES string of the molecule is O=C(O)C=C(Nc1ccccc1OCc1ccccc1)C(=O)O. The smallest absolute Gasteiger partial charge is 0.352 e. The van der Waals surface area contributed by atoms with Crippen LogP contribution in [-0.2, 0) is 16.2 Å². The highest BCUT2D eigenvalue weighted by atomic mass is 16.5. The molecule has 2 aromatic rings. The molecule has 0 aliphatic carbocycles. The number of anilines is 1. The molecule has 2 rings (SSSR count). The average molecular weight is 313 g/mol. The molecule has 6 heteroatoms. The number of nitrogens with one attached hydrogen (secondary N) is 1. The molecule has 0 radical (unpaired) electrons. The molecule has 0 bridgehead atoms. The second kappa shape index (κ2) is 7.65. The Morgan fingerprint density at radius 1 is 1.00 bits per heavy atom. The number of benzene rings is 2. The van der Waals surface area contributed by atoms with Gasteiger partial charge in [-0.2, -0.15) is 0 Å². The van der Waals surface area contributed by atoms with Crippen molar-refractivity contribution in [2.24, 2.45) is 0 Å². The Bertz CT molecular complexity index is 725. The topological polar surface area (TPSA) is 95.9 Å². The van der Waals surface area contributed by atoms with Gasteiger partial charge in [-0.15, -0.1) is 0 Å². The van der Waals surface area contributed by atoms with Crippen molar-refractivity contribution < 1.29 is 24.5 Å². The van der Waals surface area contributed by atoms with E-state index < -0.39 is 17.6 Å². The second-order valence-corrected chi connectivity index (χ2v) is 4.60. The summed E-state index contributed by atoms with van der Waals surface area (Å²) in [7, 11) is 0. The van der Waals surface area contributed by atoms with Crippen molar-refractivity contribution in [3.05, 3.63) is 71.9 Å². The minimum Gasteiger partial charge on any atom is -0.487 e. The third kappa shape index (κ3) is 4.89. The van der Waals surface area contributed by atoms with E-state index in [2.05, 4.69) is 5.32 Å². The highest BCUT2D eigenvalue weighted by Crippen LogP contribution is 2.26. The Balaban J connectivity index is 2.16. The molecule has 118 valence electrons. The third-order valence-corrected chi connectivity index (χ3v) is 2.89. The van der Waals surface area contributed by atoms with Crippen molar-refractivity contribution in [1.29, 1.82) is 0 Å². The molecule has 0 unspecified atom stereocenters. The lowest BCUT2D eigenvalue weighted by Crippen LogP contribution is -2.13. The van der Waals surface area contributed by atoms with Crippen LogP contribution in [-0.4, -0.2) is 22.2 Å². The first-order valence-electron chi connectivity index (χ1n) is 6.77. The molecule has 6 nitrogen and oxygen atoms in total. The van der Waals surface area contributed by atoms with E-state index in [1.54, 1.807) is 24.3 Å². The number of hydrogen-bond acceptors (Lipinski definition) is 4. The molecule has 0 amide bonds. The Morgan fingerprint density at radius 2 is 1.65 bits per heavy atom. The minimum atomic E-state index is -1.37. The van der Waals surface area contributed by atoms with Crippen molar-refractivity contribution in [3.8, 4) is 5.75 Å². The maximum atomic E-state index is 11.1. The van der Waals surface area contributed by atoms with Crippen LogP contribution in [0.15, 0.2) is 66.4 Å². The number of aliphatic carboxylic acids is 2. The first-order valence-corrected chi connectivity index (χ1v) is 6.77. The summed E-state index contributed by atoms with van der Waals surface area (Å²) in [4.78, 5) is 21.8. The molecule has 0 atom stereocenters. The number of para-hydroxylation sites is 2. The highest BCUT2D eigenvalue weighted by Gasteiger charge is 2.12. The van der Waals surface area contributed by atoms with E-state index >= 15 is 0 Å². The van der Waals surface area contributed by atoms with E-state index in [0.29, 0.717) is 24.1 Å². The molecule has 0 spiro atoms. The van der Waals surface area contributed by atoms with Crippen molar-refractivity contribution >= 4 is 17.6 Å². The predicted octanol–water partition coefficient (Wildman–Crippen LogP) is 2.73. The van der Waals surface area contributed by atoms with Crippen molar-refractivity contribution in [2.45, 2.75) is 6.61 Å². The van der Waals surface area contributed by atoms with E-state index in [0.717, 1.165) is 5.56 Å². The van der Waals surface area contributed by atoms with Gasteiger partial charge in [-0.05, 0) is 17.7 Å². The lowest BCUT2D eigenvalue weighted by molar-refractivity contribution is -0.134. The Hall–Kier alpha value is -3.28. The fourth-order valence-corrected chi connectivity index (χ4v) is 1.85. The molecule has 0 aliphatic heterocycles. The first kappa shape index (κ1) is 16.1. The number of ether oxygens (including phenoxy) is 1. The number of hydrogen-bond donors (Lipinski definition) is 3. The molecule has 0 aromatic heterocycles. The monoisotopic (exact) mass is 313 g/mol. The van der Waals surface area contributed by atoms with Crippen LogP contribution in [0.25, 0.3) is 0 Å². The third-order valence-electron chi connectivity index (χ3n) is 2.89. The molecule has 0 saturated heterocycles. The zero-order valence-electron chi connectivity index (χ0n) is 12.1. The Kier molecular flexibility index (Phi) is 5.35. The summed E-state index contributed by atoms with van der Waals surface area (Å²) in [5, 5.41) is 20.3. The summed E-state index contributed by atoms with van der Waals surface area (Å²) in [6.07, 6.45) is 0.594. The summed E-state index contributed by atoms with van der Waals surface area (Å²) >= 11 is 0. The fraction of sp³-hybridized carbons (Fsp3) is 0.0588. The molecule has 0 fully saturated rings. The van der Waals surface area contributed by atoms with Gasteiger partial charge in [-0.1, -0.05) is 42.5 Å². The number of carboxylic acid groups (broad SMARTS) is 2. The van der Waals surface area contributed by atoms with E-state index in [1.807, 2.05) is 30.3 Å². The summed E-state index contributed by atoms with van der Waals surface area (Å²) in [5.74, 6) is -2.29. The van der Waals surface area contributed by atoms with Crippen LogP contribution < -0.4 is 10.1 Å². The fourth-order valence-electron chi connectivity index (χ4n) is 1.85. The number of carboxylic acids is 2. The molecular formula is C17H15NO5. The van der Waals surface area contributed by atoms with Crippen LogP contribution in [0.2, 0.25) is 0 Å². The summed E-state index contributed by atoms with van der Waals surface area (Å²) in [5.41, 5.74) is 0.883. The van der Waals surface area contributed by atoms with Gasteiger partial charge in [0.15, 0.2) is 0 Å². The maximum absolute atomic E-state index is 11.1. The van der Waals surface area contributed by atoms with E-state index in [4.69, 9.17) is 14.9 Å². The van der Waals surface area contributed by atoms with Gasteiger partial charge in [-0.25, -0.2) is 9.59 Å². The van der Waals surface area contributed by atoms with Gasteiger partial charge in [0.05, 0.1) is 11.8 Å². The van der Waals surface area contributed by atoms with Gasteiger partial charge in [0, 0.05) is 0 Å². The van der Waals surface area contributed by atoms with Gasteiger partial charge >= 0.3 is 11.9 Å². The first-order chi connectivity index (χ1) is 11.1. The summed E-state index contributed by atoms with van der Waals surface area (Å²) in [6, 6.07) is 16.2. The van der Waals surface area contributed by atoms with Gasteiger partial charge in [0.1, 0.15) is 18.1 Å². The van der Waals surface area contributed by atoms with E-state index in [9.17, 15) is 9.59 Å². The largest absolute Gasteiger partial charge is 0.487 e. The lowest BCUT2D eigenvalue weighted by Gasteiger charge is -2.13. The number of carbonyl (C=O) groups is 2. The summed E-state index contributed by atoms with van der Waals surface area (Å²) < 4.78 is 5.68. The summed E-state index contributed by atoms with van der Waals surface area (Å²) in [6.45, 7) is 0.310. The van der Waals surface area contributed by atoms with E-state index in [-0.39, 0.29) is 0 Å². The minimum absolute atomic E-state index is 0.310. The van der Waals surface area contributed by atoms with Crippen molar-refractivity contribution in [2.75, 3.05) is 5.32 Å². The van der Waals surface area contributed by atoms with Crippen molar-refractivity contribution in [1.82, 2.24) is 0 Å².